The van der Waals surface area contributed by atoms with E-state index >= 15 is 0 Å². The van der Waals surface area contributed by atoms with Crippen molar-refractivity contribution in [1.29, 1.82) is 0 Å². The van der Waals surface area contributed by atoms with Gasteiger partial charge in [-0.1, -0.05) is 32.0 Å². The Morgan fingerprint density at radius 2 is 1.68 bits per heavy atom. The fourth-order valence-corrected chi connectivity index (χ4v) is 3.80. The first-order chi connectivity index (χ1) is 10.4. The molecule has 6 nitrogen and oxygen atoms in total. The Bertz CT molecular complexity index is 666. The first-order valence-corrected chi connectivity index (χ1v) is 8.93. The number of hydrogen-bond donors (Lipinski definition) is 1. The number of hydrogen-bond acceptors (Lipinski definition) is 4. The molecule has 1 fully saturated rings. The SMILES string of the molecule is CCC1(CC)NC(=O)N(CCS(=O)(=O)c2ccccc2)C1=O. The van der Waals surface area contributed by atoms with E-state index in [4.69, 9.17) is 0 Å². The van der Waals surface area contributed by atoms with E-state index in [0.29, 0.717) is 12.8 Å². The molecule has 0 radical (unpaired) electrons. The lowest BCUT2D eigenvalue weighted by atomic mass is 9.93. The fourth-order valence-electron chi connectivity index (χ4n) is 2.57. The lowest BCUT2D eigenvalue weighted by Gasteiger charge is -2.23. The van der Waals surface area contributed by atoms with E-state index in [-0.39, 0.29) is 23.1 Å². The molecule has 3 amide bonds. The third-order valence-corrected chi connectivity index (χ3v) is 5.85. The number of nitrogens with one attached hydrogen (secondary N) is 1. The van der Waals surface area contributed by atoms with Crippen LogP contribution in [0.5, 0.6) is 0 Å². The van der Waals surface area contributed by atoms with Crippen molar-refractivity contribution in [2.24, 2.45) is 0 Å². The predicted molar refractivity (Wildman–Crippen MR) is 82.1 cm³/mol. The molecule has 1 saturated heterocycles. The number of benzene rings is 1. The van der Waals surface area contributed by atoms with Gasteiger partial charge in [-0.2, -0.15) is 0 Å². The normalized spacial score (nSPS) is 17.6. The van der Waals surface area contributed by atoms with E-state index in [1.807, 2.05) is 13.8 Å². The number of amides is 3. The van der Waals surface area contributed by atoms with Crippen LogP contribution in [0, 0.1) is 0 Å². The van der Waals surface area contributed by atoms with Crippen molar-refractivity contribution in [2.45, 2.75) is 37.1 Å². The molecule has 120 valence electrons. The summed E-state index contributed by atoms with van der Waals surface area (Å²) in [6, 6.07) is 7.50. The molecule has 1 N–H and O–H groups in total. The van der Waals surface area contributed by atoms with Crippen molar-refractivity contribution in [3.8, 4) is 0 Å². The van der Waals surface area contributed by atoms with Gasteiger partial charge >= 0.3 is 6.03 Å². The highest BCUT2D eigenvalue weighted by molar-refractivity contribution is 7.91. The molecule has 0 aliphatic carbocycles. The van der Waals surface area contributed by atoms with Crippen molar-refractivity contribution in [3.05, 3.63) is 30.3 Å². The molecule has 0 unspecified atom stereocenters. The van der Waals surface area contributed by atoms with Crippen LogP contribution >= 0.6 is 0 Å². The summed E-state index contributed by atoms with van der Waals surface area (Å²) in [6.45, 7) is 3.52. The van der Waals surface area contributed by atoms with Crippen LogP contribution in [0.4, 0.5) is 4.79 Å². The molecule has 0 aromatic heterocycles. The van der Waals surface area contributed by atoms with Crippen molar-refractivity contribution in [2.75, 3.05) is 12.3 Å². The zero-order chi connectivity index (χ0) is 16.4. The molecule has 0 spiro atoms. The largest absolute Gasteiger partial charge is 0.325 e. The van der Waals surface area contributed by atoms with Crippen LogP contribution in [0.15, 0.2) is 35.2 Å². The van der Waals surface area contributed by atoms with Gasteiger partial charge in [0.25, 0.3) is 5.91 Å². The highest BCUT2D eigenvalue weighted by atomic mass is 32.2. The monoisotopic (exact) mass is 324 g/mol. The zero-order valence-electron chi connectivity index (χ0n) is 12.7. The van der Waals surface area contributed by atoms with Gasteiger partial charge in [0.05, 0.1) is 10.6 Å². The van der Waals surface area contributed by atoms with E-state index in [1.165, 1.54) is 12.1 Å². The molecule has 1 aromatic carbocycles. The van der Waals surface area contributed by atoms with Gasteiger partial charge in [-0.05, 0) is 25.0 Å². The third-order valence-electron chi connectivity index (χ3n) is 4.14. The van der Waals surface area contributed by atoms with Crippen molar-refractivity contribution < 1.29 is 18.0 Å². The van der Waals surface area contributed by atoms with Crippen LogP contribution in [0.3, 0.4) is 0 Å². The summed E-state index contributed by atoms with van der Waals surface area (Å²) in [4.78, 5) is 25.6. The molecule has 1 aliphatic heterocycles. The maximum Gasteiger partial charge on any atom is 0.325 e. The van der Waals surface area contributed by atoms with Gasteiger partial charge in [0.2, 0.25) is 0 Å². The molecule has 22 heavy (non-hydrogen) atoms. The minimum Gasteiger partial charge on any atom is -0.323 e. The van der Waals surface area contributed by atoms with E-state index in [9.17, 15) is 18.0 Å². The van der Waals surface area contributed by atoms with Crippen molar-refractivity contribution in [3.63, 3.8) is 0 Å². The second kappa shape index (κ2) is 6.08. The van der Waals surface area contributed by atoms with E-state index in [0.717, 1.165) is 4.90 Å². The second-order valence-corrected chi connectivity index (χ2v) is 7.42. The van der Waals surface area contributed by atoms with Crippen LogP contribution in [0.1, 0.15) is 26.7 Å². The zero-order valence-corrected chi connectivity index (χ0v) is 13.5. The summed E-state index contributed by atoms with van der Waals surface area (Å²) in [6.07, 6.45) is 0.964. The smallest absolute Gasteiger partial charge is 0.323 e. The lowest BCUT2D eigenvalue weighted by molar-refractivity contribution is -0.131. The van der Waals surface area contributed by atoms with E-state index < -0.39 is 21.4 Å². The Labute approximate surface area is 130 Å². The average Bonchev–Trinajstić information content (AvgIpc) is 2.77. The molecule has 0 saturated carbocycles. The van der Waals surface area contributed by atoms with Gasteiger partial charge < -0.3 is 5.32 Å². The maximum atomic E-state index is 12.4. The first kappa shape index (κ1) is 16.5. The van der Waals surface area contributed by atoms with E-state index in [2.05, 4.69) is 5.32 Å². The van der Waals surface area contributed by atoms with Crippen LogP contribution in [0.25, 0.3) is 0 Å². The van der Waals surface area contributed by atoms with E-state index in [1.54, 1.807) is 18.2 Å². The van der Waals surface area contributed by atoms with Gasteiger partial charge in [-0.25, -0.2) is 13.2 Å². The molecule has 7 heteroatoms. The number of urea groups is 1. The van der Waals surface area contributed by atoms with Crippen molar-refractivity contribution >= 4 is 21.8 Å². The van der Waals surface area contributed by atoms with Crippen LogP contribution < -0.4 is 5.32 Å². The summed E-state index contributed by atoms with van der Waals surface area (Å²) >= 11 is 0. The molecular formula is C15H20N2O4S. The van der Waals surface area contributed by atoms with Gasteiger partial charge in [0.15, 0.2) is 9.84 Å². The second-order valence-electron chi connectivity index (χ2n) is 5.31. The van der Waals surface area contributed by atoms with Crippen molar-refractivity contribution in [1.82, 2.24) is 10.2 Å². The highest BCUT2D eigenvalue weighted by Crippen LogP contribution is 2.25. The van der Waals surface area contributed by atoms with Crippen LogP contribution in [0.2, 0.25) is 0 Å². The highest BCUT2D eigenvalue weighted by Gasteiger charge is 2.48. The summed E-state index contributed by atoms with van der Waals surface area (Å²) in [5.74, 6) is -0.620. The molecule has 1 aliphatic rings. The van der Waals surface area contributed by atoms with Gasteiger partial charge in [0, 0.05) is 6.54 Å². The minimum absolute atomic E-state index is 0.135. The molecule has 0 bridgehead atoms. The van der Waals surface area contributed by atoms with Gasteiger partial charge in [-0.15, -0.1) is 0 Å². The fraction of sp³-hybridized carbons (Fsp3) is 0.467. The molecule has 1 heterocycles. The molecule has 2 rings (SSSR count). The Balaban J connectivity index is 2.12. The summed E-state index contributed by atoms with van der Waals surface area (Å²) in [5.41, 5.74) is -0.895. The molecule has 1 aromatic rings. The topological polar surface area (TPSA) is 83.6 Å². The Kier molecular flexibility index (Phi) is 4.55. The number of nitrogens with zero attached hydrogens (tertiary/aromatic N) is 1. The number of sulfone groups is 1. The molecular weight excluding hydrogens is 304 g/mol. The standard InChI is InChI=1S/C15H20N2O4S/c1-3-15(4-2)13(18)17(14(19)16-15)10-11-22(20,21)12-8-6-5-7-9-12/h5-9H,3-4,10-11H2,1-2H3,(H,16,19). The minimum atomic E-state index is -3.52. The average molecular weight is 324 g/mol. The summed E-state index contributed by atoms with van der Waals surface area (Å²) in [7, 11) is -3.52. The summed E-state index contributed by atoms with van der Waals surface area (Å²) < 4.78 is 24.5. The lowest BCUT2D eigenvalue weighted by Crippen LogP contribution is -2.46. The summed E-state index contributed by atoms with van der Waals surface area (Å²) in [5, 5.41) is 2.69. The number of imide groups is 1. The number of rotatable bonds is 6. The van der Waals surface area contributed by atoms with Gasteiger partial charge in [-0.3, -0.25) is 9.69 Å². The van der Waals surface area contributed by atoms with Crippen LogP contribution in [-0.4, -0.2) is 43.1 Å². The quantitative estimate of drug-likeness (QED) is 0.805. The Hall–Kier alpha value is -1.89. The molecule has 0 atom stereocenters. The van der Waals surface area contributed by atoms with Gasteiger partial charge in [0.1, 0.15) is 5.54 Å². The van der Waals surface area contributed by atoms with Crippen LogP contribution in [-0.2, 0) is 14.6 Å². The predicted octanol–water partition coefficient (Wildman–Crippen LogP) is 1.57. The first-order valence-electron chi connectivity index (χ1n) is 7.28. The third kappa shape index (κ3) is 2.85. The Morgan fingerprint density at radius 3 is 2.18 bits per heavy atom. The number of carbonyl (C=O) groups is 2. The Morgan fingerprint density at radius 1 is 1.09 bits per heavy atom. The maximum absolute atomic E-state index is 12.4. The number of carbonyl (C=O) groups excluding carboxylic acids is 2.